The molecule has 0 N–H and O–H groups in total. The molecule has 0 unspecified atom stereocenters. The summed E-state index contributed by atoms with van der Waals surface area (Å²) in [5.74, 6) is 1.79. The molecule has 3 rings (SSSR count). The average Bonchev–Trinajstić information content (AvgIpc) is 2.58. The molecule has 2 aromatic carbocycles. The van der Waals surface area contributed by atoms with Crippen molar-refractivity contribution in [1.82, 2.24) is 4.90 Å². The number of nitrogens with zero attached hydrogens (tertiary/aromatic N) is 1. The smallest absolute Gasteiger partial charge is 0.119 e. The van der Waals surface area contributed by atoms with Gasteiger partial charge in [0, 0.05) is 0 Å². The van der Waals surface area contributed by atoms with Gasteiger partial charge < -0.3 is 9.64 Å². The van der Waals surface area contributed by atoms with E-state index in [1.165, 1.54) is 43.5 Å². The third-order valence-corrected chi connectivity index (χ3v) is 4.52. The summed E-state index contributed by atoms with van der Waals surface area (Å²) in [7, 11) is 2.21. The van der Waals surface area contributed by atoms with Gasteiger partial charge in [0.05, 0.1) is 6.61 Å². The Balaban J connectivity index is 1.53. The summed E-state index contributed by atoms with van der Waals surface area (Å²) in [6.07, 6.45) is 3.78. The van der Waals surface area contributed by atoms with E-state index in [0.717, 1.165) is 18.3 Å². The van der Waals surface area contributed by atoms with E-state index in [9.17, 15) is 0 Å². The molecule has 1 aliphatic heterocycles. The topological polar surface area (TPSA) is 12.5 Å². The van der Waals surface area contributed by atoms with E-state index in [-0.39, 0.29) is 0 Å². The highest BCUT2D eigenvalue weighted by Crippen LogP contribution is 2.24. The van der Waals surface area contributed by atoms with Gasteiger partial charge in [-0.05, 0) is 74.6 Å². The fraction of sp³-hybridized carbons (Fsp3) is 0.400. The zero-order chi connectivity index (χ0) is 15.2. The van der Waals surface area contributed by atoms with Crippen molar-refractivity contribution in [1.29, 1.82) is 0 Å². The zero-order valence-corrected chi connectivity index (χ0v) is 13.3. The lowest BCUT2D eigenvalue weighted by atomic mass is 9.94. The fourth-order valence-corrected chi connectivity index (χ4v) is 3.04. The minimum absolute atomic E-state index is 0.820. The van der Waals surface area contributed by atoms with Gasteiger partial charge in [0.15, 0.2) is 0 Å². The summed E-state index contributed by atoms with van der Waals surface area (Å²) >= 11 is 0. The summed E-state index contributed by atoms with van der Waals surface area (Å²) in [5.41, 5.74) is 2.41. The molecule has 2 heteroatoms. The first-order valence-corrected chi connectivity index (χ1v) is 8.19. The molecule has 0 aliphatic carbocycles. The molecule has 1 saturated heterocycles. The largest absolute Gasteiger partial charge is 0.494 e. The molecule has 1 radical (unpaired) electrons. The minimum Gasteiger partial charge on any atom is -0.494 e. The van der Waals surface area contributed by atoms with Crippen LogP contribution < -0.4 is 4.74 Å². The molecule has 2 nitrogen and oxygen atoms in total. The van der Waals surface area contributed by atoms with Crippen molar-refractivity contribution in [3.63, 3.8) is 0 Å². The Labute approximate surface area is 133 Å². The highest BCUT2D eigenvalue weighted by Gasteiger charge is 2.16. The van der Waals surface area contributed by atoms with Crippen molar-refractivity contribution >= 4 is 0 Å². The zero-order valence-electron chi connectivity index (χ0n) is 13.3. The molecule has 0 atom stereocenters. The van der Waals surface area contributed by atoms with Gasteiger partial charge in [0.25, 0.3) is 0 Å². The second-order valence-electron chi connectivity index (χ2n) is 6.20. The van der Waals surface area contributed by atoms with Crippen molar-refractivity contribution < 1.29 is 4.74 Å². The molecular formula is C20H24NO. The standard InChI is InChI=1S/C20H24NO/c1-21-13-10-17(11-14-21)12-15-22-20-9-5-8-19(16-20)18-6-3-2-4-7-18/h3-9,16-17H,10-15H2,1H3. The van der Waals surface area contributed by atoms with Crippen molar-refractivity contribution in [2.45, 2.75) is 19.3 Å². The van der Waals surface area contributed by atoms with E-state index < -0.39 is 0 Å². The van der Waals surface area contributed by atoms with Gasteiger partial charge in [0.1, 0.15) is 5.75 Å². The lowest BCUT2D eigenvalue weighted by Crippen LogP contribution is -2.30. The summed E-state index contributed by atoms with van der Waals surface area (Å²) in [5, 5.41) is 0. The summed E-state index contributed by atoms with van der Waals surface area (Å²) in [6.45, 7) is 3.27. The molecule has 0 saturated carbocycles. The molecule has 0 bridgehead atoms. The van der Waals surface area contributed by atoms with Crippen LogP contribution in [0.15, 0.2) is 48.5 Å². The average molecular weight is 294 g/mol. The van der Waals surface area contributed by atoms with Gasteiger partial charge in [-0.1, -0.05) is 36.4 Å². The van der Waals surface area contributed by atoms with Crippen molar-refractivity contribution in [3.8, 4) is 16.9 Å². The number of rotatable bonds is 5. The second-order valence-corrected chi connectivity index (χ2v) is 6.20. The van der Waals surface area contributed by atoms with E-state index in [1.54, 1.807) is 0 Å². The lowest BCUT2D eigenvalue weighted by Gasteiger charge is -2.28. The van der Waals surface area contributed by atoms with Gasteiger partial charge in [-0.25, -0.2) is 0 Å². The number of ether oxygens (including phenoxy) is 1. The summed E-state index contributed by atoms with van der Waals surface area (Å²) < 4.78 is 5.98. The van der Waals surface area contributed by atoms with Crippen molar-refractivity contribution in [2.75, 3.05) is 26.7 Å². The van der Waals surface area contributed by atoms with Crippen LogP contribution >= 0.6 is 0 Å². The highest BCUT2D eigenvalue weighted by molar-refractivity contribution is 5.64. The first kappa shape index (κ1) is 15.1. The van der Waals surface area contributed by atoms with Crippen LogP contribution in [-0.2, 0) is 0 Å². The maximum Gasteiger partial charge on any atom is 0.119 e. The number of benzene rings is 2. The normalized spacial score (nSPS) is 16.6. The number of hydrogen-bond acceptors (Lipinski definition) is 2. The van der Waals surface area contributed by atoms with Crippen LogP contribution in [0.2, 0.25) is 0 Å². The Kier molecular flexibility index (Phi) is 5.12. The monoisotopic (exact) mass is 294 g/mol. The van der Waals surface area contributed by atoms with Gasteiger partial charge in [-0.15, -0.1) is 0 Å². The van der Waals surface area contributed by atoms with E-state index in [4.69, 9.17) is 4.74 Å². The molecule has 115 valence electrons. The molecule has 22 heavy (non-hydrogen) atoms. The minimum atomic E-state index is 0.820. The summed E-state index contributed by atoms with van der Waals surface area (Å²) in [6, 6.07) is 19.5. The van der Waals surface area contributed by atoms with Crippen LogP contribution in [-0.4, -0.2) is 31.6 Å². The Hall–Kier alpha value is -1.80. The van der Waals surface area contributed by atoms with Gasteiger partial charge >= 0.3 is 0 Å². The third kappa shape index (κ3) is 4.11. The molecule has 1 aliphatic rings. The van der Waals surface area contributed by atoms with Crippen LogP contribution in [0.5, 0.6) is 5.75 Å². The maximum atomic E-state index is 5.98. The van der Waals surface area contributed by atoms with Gasteiger partial charge in [-0.2, -0.15) is 0 Å². The Bertz CT molecular complexity index is 573. The van der Waals surface area contributed by atoms with E-state index in [1.807, 2.05) is 18.2 Å². The van der Waals surface area contributed by atoms with E-state index in [2.05, 4.69) is 48.3 Å². The highest BCUT2D eigenvalue weighted by atomic mass is 16.5. The van der Waals surface area contributed by atoms with Crippen LogP contribution in [0.1, 0.15) is 19.3 Å². The van der Waals surface area contributed by atoms with Crippen LogP contribution in [0, 0.1) is 12.0 Å². The SMILES string of the molecule is CN1CCC(CCOc2cccc(-c3cc[c]cc3)c2)CC1. The van der Waals surface area contributed by atoms with Gasteiger partial charge in [-0.3, -0.25) is 0 Å². The number of hydrogen-bond donors (Lipinski definition) is 0. The number of likely N-dealkylation sites (tertiary alicyclic amines) is 1. The van der Waals surface area contributed by atoms with Crippen molar-refractivity contribution in [3.05, 3.63) is 54.6 Å². The number of piperidine rings is 1. The maximum absolute atomic E-state index is 5.98. The first-order chi connectivity index (χ1) is 10.8. The molecule has 0 aromatic heterocycles. The van der Waals surface area contributed by atoms with E-state index >= 15 is 0 Å². The summed E-state index contributed by atoms with van der Waals surface area (Å²) in [4.78, 5) is 2.41. The Morgan fingerprint density at radius 3 is 2.64 bits per heavy atom. The second kappa shape index (κ2) is 7.46. The Morgan fingerprint density at radius 1 is 1.09 bits per heavy atom. The quantitative estimate of drug-likeness (QED) is 0.817. The third-order valence-electron chi connectivity index (χ3n) is 4.52. The predicted molar refractivity (Wildman–Crippen MR) is 91.0 cm³/mol. The Morgan fingerprint density at radius 2 is 1.86 bits per heavy atom. The fourth-order valence-electron chi connectivity index (χ4n) is 3.04. The van der Waals surface area contributed by atoms with Crippen LogP contribution in [0.3, 0.4) is 0 Å². The van der Waals surface area contributed by atoms with Gasteiger partial charge in [0.2, 0.25) is 0 Å². The van der Waals surface area contributed by atoms with Crippen LogP contribution in [0.25, 0.3) is 11.1 Å². The first-order valence-electron chi connectivity index (χ1n) is 8.19. The lowest BCUT2D eigenvalue weighted by molar-refractivity contribution is 0.187. The molecular weight excluding hydrogens is 270 g/mol. The molecule has 0 amide bonds. The predicted octanol–water partition coefficient (Wildman–Crippen LogP) is 4.26. The molecule has 2 aromatic rings. The molecule has 0 spiro atoms. The van der Waals surface area contributed by atoms with Crippen LogP contribution in [0.4, 0.5) is 0 Å². The van der Waals surface area contributed by atoms with Crippen molar-refractivity contribution in [2.24, 2.45) is 5.92 Å². The molecule has 1 heterocycles. The molecule has 1 fully saturated rings. The van der Waals surface area contributed by atoms with E-state index in [0.29, 0.717) is 0 Å².